The van der Waals surface area contributed by atoms with E-state index in [9.17, 15) is 4.79 Å². The van der Waals surface area contributed by atoms with Gasteiger partial charge in [0.15, 0.2) is 0 Å². The van der Waals surface area contributed by atoms with Crippen LogP contribution in [-0.4, -0.2) is 26.9 Å². The van der Waals surface area contributed by atoms with E-state index in [4.69, 9.17) is 0 Å². The lowest BCUT2D eigenvalue weighted by atomic mass is 10.1. The summed E-state index contributed by atoms with van der Waals surface area (Å²) in [7, 11) is 0. The lowest BCUT2D eigenvalue weighted by Crippen LogP contribution is -2.35. The Kier molecular flexibility index (Phi) is 3.65. The fourth-order valence-electron chi connectivity index (χ4n) is 3.45. The maximum Gasteiger partial charge on any atom is 0.245 e. The molecule has 1 fully saturated rings. The summed E-state index contributed by atoms with van der Waals surface area (Å²) < 4.78 is 1.99. The van der Waals surface area contributed by atoms with Crippen LogP contribution in [0.3, 0.4) is 0 Å². The molecule has 4 nitrogen and oxygen atoms in total. The Hall–Kier alpha value is -2.14. The van der Waals surface area contributed by atoms with Crippen molar-refractivity contribution >= 4 is 28.3 Å². The van der Waals surface area contributed by atoms with Gasteiger partial charge in [0, 0.05) is 11.4 Å². The number of likely N-dealkylation sites (tertiary alicyclic amines) is 1. The molecule has 2 atom stereocenters. The number of hydrogen-bond acceptors (Lipinski definition) is 3. The van der Waals surface area contributed by atoms with Crippen LogP contribution in [0.25, 0.3) is 11.0 Å². The first-order chi connectivity index (χ1) is 11.3. The summed E-state index contributed by atoms with van der Waals surface area (Å²) in [6, 6.07) is 12.2. The third-order valence-corrected chi connectivity index (χ3v) is 5.64. The zero-order chi connectivity index (χ0) is 15.8. The van der Waals surface area contributed by atoms with Crippen molar-refractivity contribution in [3.8, 4) is 0 Å². The molecule has 1 aromatic carbocycles. The maximum absolute atomic E-state index is 13.1. The van der Waals surface area contributed by atoms with Gasteiger partial charge < -0.3 is 9.47 Å². The molecule has 2 aromatic heterocycles. The van der Waals surface area contributed by atoms with Crippen LogP contribution in [0.2, 0.25) is 0 Å². The van der Waals surface area contributed by atoms with Crippen molar-refractivity contribution in [2.24, 2.45) is 0 Å². The zero-order valence-electron chi connectivity index (χ0n) is 13.1. The predicted molar refractivity (Wildman–Crippen MR) is 92.5 cm³/mol. The number of carbonyl (C=O) groups is 1. The predicted octanol–water partition coefficient (Wildman–Crippen LogP) is 4.02. The van der Waals surface area contributed by atoms with Crippen molar-refractivity contribution in [2.45, 2.75) is 31.8 Å². The second-order valence-electron chi connectivity index (χ2n) is 6.02. The van der Waals surface area contributed by atoms with Gasteiger partial charge >= 0.3 is 0 Å². The second-order valence-corrected chi connectivity index (χ2v) is 7.00. The highest BCUT2D eigenvalue weighted by atomic mass is 32.1. The summed E-state index contributed by atoms with van der Waals surface area (Å²) in [6.45, 7) is 2.82. The molecule has 23 heavy (non-hydrogen) atoms. The molecule has 5 heteroatoms. The van der Waals surface area contributed by atoms with Crippen molar-refractivity contribution in [3.63, 3.8) is 0 Å². The Balaban J connectivity index is 1.63. The number of rotatable bonds is 3. The Bertz CT molecular complexity index is 824. The maximum atomic E-state index is 13.1. The van der Waals surface area contributed by atoms with E-state index in [0.29, 0.717) is 0 Å². The molecule has 118 valence electrons. The average Bonchev–Trinajstić information content (AvgIpc) is 3.31. The number of nitrogens with zero attached hydrogens (tertiary/aromatic N) is 3. The average molecular weight is 325 g/mol. The number of thiophene rings is 1. The molecule has 1 aliphatic rings. The number of para-hydroxylation sites is 2. The number of hydrogen-bond donors (Lipinski definition) is 0. The van der Waals surface area contributed by atoms with E-state index in [-0.39, 0.29) is 18.0 Å². The fraction of sp³-hybridized carbons (Fsp3) is 0.333. The molecule has 0 spiro atoms. The summed E-state index contributed by atoms with van der Waals surface area (Å²) in [5.41, 5.74) is 1.95. The van der Waals surface area contributed by atoms with Gasteiger partial charge in [0.2, 0.25) is 5.91 Å². The summed E-state index contributed by atoms with van der Waals surface area (Å²) in [5.74, 6) is 0.184. The normalized spacial score (nSPS) is 19.3. The molecule has 3 aromatic rings. The molecule has 0 aliphatic carbocycles. The van der Waals surface area contributed by atoms with E-state index in [1.54, 1.807) is 17.7 Å². The highest BCUT2D eigenvalue weighted by Crippen LogP contribution is 2.36. The first kappa shape index (κ1) is 14.5. The Morgan fingerprint density at radius 2 is 2.17 bits per heavy atom. The largest absolute Gasteiger partial charge is 0.333 e. The lowest BCUT2D eigenvalue weighted by Gasteiger charge is -2.27. The first-order valence-electron chi connectivity index (χ1n) is 8.01. The summed E-state index contributed by atoms with van der Waals surface area (Å²) >= 11 is 1.74. The molecular weight excluding hydrogens is 306 g/mol. The zero-order valence-corrected chi connectivity index (χ0v) is 13.9. The van der Waals surface area contributed by atoms with Crippen LogP contribution in [0.15, 0.2) is 48.1 Å². The van der Waals surface area contributed by atoms with Crippen LogP contribution >= 0.6 is 11.3 Å². The van der Waals surface area contributed by atoms with Gasteiger partial charge in [-0.15, -0.1) is 11.3 Å². The number of aromatic nitrogens is 2. The Morgan fingerprint density at radius 1 is 1.30 bits per heavy atom. The van der Waals surface area contributed by atoms with Gasteiger partial charge in [-0.3, -0.25) is 4.79 Å². The molecule has 0 bridgehead atoms. The Labute approximate surface area is 139 Å². The van der Waals surface area contributed by atoms with E-state index >= 15 is 0 Å². The van der Waals surface area contributed by atoms with Crippen molar-refractivity contribution in [1.82, 2.24) is 14.5 Å². The molecule has 1 amide bonds. The third-order valence-electron chi connectivity index (χ3n) is 4.66. The molecule has 3 heterocycles. The van der Waals surface area contributed by atoms with Gasteiger partial charge in [0.25, 0.3) is 0 Å². The molecule has 0 unspecified atom stereocenters. The highest BCUT2D eigenvalue weighted by molar-refractivity contribution is 7.10. The van der Waals surface area contributed by atoms with Crippen LogP contribution in [-0.2, 0) is 4.79 Å². The highest BCUT2D eigenvalue weighted by Gasteiger charge is 2.33. The number of fused-ring (bicyclic) bond motifs is 1. The quantitative estimate of drug-likeness (QED) is 0.729. The smallest absolute Gasteiger partial charge is 0.245 e. The van der Waals surface area contributed by atoms with Crippen molar-refractivity contribution in [3.05, 3.63) is 53.0 Å². The molecule has 0 radical (unpaired) electrons. The summed E-state index contributed by atoms with van der Waals surface area (Å²) in [6.07, 6.45) is 3.92. The van der Waals surface area contributed by atoms with Crippen LogP contribution < -0.4 is 0 Å². The molecule has 0 saturated carbocycles. The second kappa shape index (κ2) is 5.81. The standard InChI is InChI=1S/C18H19N3OS/c1-13(21-12-19-14-6-2-3-7-15(14)21)18(22)20-10-4-8-16(20)17-9-5-11-23-17/h2-3,5-7,9,11-13,16H,4,8,10H2,1H3/t13-,16+/m1/s1. The van der Waals surface area contributed by atoms with Gasteiger partial charge in [-0.2, -0.15) is 0 Å². The van der Waals surface area contributed by atoms with Crippen molar-refractivity contribution in [1.29, 1.82) is 0 Å². The Morgan fingerprint density at radius 3 is 3.00 bits per heavy atom. The van der Waals surface area contributed by atoms with E-state index in [0.717, 1.165) is 30.4 Å². The van der Waals surface area contributed by atoms with Crippen LogP contribution in [0.1, 0.15) is 36.7 Å². The van der Waals surface area contributed by atoms with Gasteiger partial charge in [-0.05, 0) is 43.3 Å². The van der Waals surface area contributed by atoms with Gasteiger partial charge in [0.1, 0.15) is 6.04 Å². The molecule has 1 saturated heterocycles. The van der Waals surface area contributed by atoms with Crippen LogP contribution in [0.4, 0.5) is 0 Å². The molecule has 4 rings (SSSR count). The molecular formula is C18H19N3OS. The van der Waals surface area contributed by atoms with Crippen molar-refractivity contribution < 1.29 is 4.79 Å². The lowest BCUT2D eigenvalue weighted by molar-refractivity contribution is -0.135. The monoisotopic (exact) mass is 325 g/mol. The van der Waals surface area contributed by atoms with E-state index in [1.165, 1.54) is 4.88 Å². The van der Waals surface area contributed by atoms with Crippen molar-refractivity contribution in [2.75, 3.05) is 6.54 Å². The molecule has 1 aliphatic heterocycles. The third kappa shape index (κ3) is 2.45. The minimum Gasteiger partial charge on any atom is -0.333 e. The molecule has 0 N–H and O–H groups in total. The van der Waals surface area contributed by atoms with Gasteiger partial charge in [-0.25, -0.2) is 4.98 Å². The van der Waals surface area contributed by atoms with Gasteiger partial charge in [0.05, 0.1) is 23.4 Å². The number of benzene rings is 1. The van der Waals surface area contributed by atoms with Crippen LogP contribution in [0, 0.1) is 0 Å². The van der Waals surface area contributed by atoms with Gasteiger partial charge in [-0.1, -0.05) is 18.2 Å². The minimum absolute atomic E-state index is 0.184. The van der Waals surface area contributed by atoms with E-state index in [1.807, 2.05) is 40.7 Å². The summed E-state index contributed by atoms with van der Waals surface area (Å²) in [5, 5.41) is 2.09. The van der Waals surface area contributed by atoms with E-state index < -0.39 is 0 Å². The SMILES string of the molecule is C[C@H](C(=O)N1CCC[C@H]1c1cccs1)n1cnc2ccccc21. The summed E-state index contributed by atoms with van der Waals surface area (Å²) in [4.78, 5) is 20.8. The number of amides is 1. The van der Waals surface area contributed by atoms with Crippen LogP contribution in [0.5, 0.6) is 0 Å². The van der Waals surface area contributed by atoms with E-state index in [2.05, 4.69) is 22.5 Å². The number of imidazole rings is 1. The fourth-order valence-corrected chi connectivity index (χ4v) is 4.33. The number of carbonyl (C=O) groups excluding carboxylic acids is 1. The first-order valence-corrected chi connectivity index (χ1v) is 8.89. The minimum atomic E-state index is -0.233. The topological polar surface area (TPSA) is 38.1 Å².